The summed E-state index contributed by atoms with van der Waals surface area (Å²) in [6, 6.07) is 19.4. The van der Waals surface area contributed by atoms with E-state index in [0.717, 1.165) is 19.2 Å². The maximum atomic E-state index is 9.22. The van der Waals surface area contributed by atoms with Crippen LogP contribution in [-0.4, -0.2) is 50.7 Å². The van der Waals surface area contributed by atoms with Crippen molar-refractivity contribution in [1.29, 1.82) is 0 Å². The van der Waals surface area contributed by atoms with E-state index in [1.807, 2.05) is 0 Å². The van der Waals surface area contributed by atoms with E-state index in [2.05, 4.69) is 79.0 Å². The summed E-state index contributed by atoms with van der Waals surface area (Å²) in [5.74, 6) is 0. The van der Waals surface area contributed by atoms with Crippen molar-refractivity contribution in [2.24, 2.45) is 0 Å². The molecule has 1 aliphatic carbocycles. The number of rotatable bonds is 1. The van der Waals surface area contributed by atoms with Crippen LogP contribution >= 0.6 is 0 Å². The van der Waals surface area contributed by atoms with Crippen LogP contribution in [0.5, 0.6) is 0 Å². The molecule has 0 saturated carbocycles. The third-order valence-corrected chi connectivity index (χ3v) is 7.55. The lowest BCUT2D eigenvalue weighted by Crippen LogP contribution is -2.53. The highest BCUT2D eigenvalue weighted by Gasteiger charge is 2.47. The highest BCUT2D eigenvalue weighted by atomic mass is 32.3. The Kier molecular flexibility index (Phi) is 5.92. The molecule has 0 amide bonds. The van der Waals surface area contributed by atoms with Gasteiger partial charge in [0.25, 0.3) is 0 Å². The Hall–Kier alpha value is -2.25. The average Bonchev–Trinajstić information content (AvgIpc) is 2.93. The first-order valence-electron chi connectivity index (χ1n) is 10.6. The first-order valence-corrected chi connectivity index (χ1v) is 12.0. The minimum atomic E-state index is -4.41. The van der Waals surface area contributed by atoms with Crippen LogP contribution in [0.3, 0.4) is 0 Å². The Morgan fingerprint density at radius 1 is 0.871 bits per heavy atom. The molecule has 164 valence electrons. The van der Waals surface area contributed by atoms with Gasteiger partial charge in [0.1, 0.15) is 0 Å². The van der Waals surface area contributed by atoms with Gasteiger partial charge in [0.05, 0.1) is 33.3 Å². The lowest BCUT2D eigenvalue weighted by Gasteiger charge is -2.43. The smallest absolute Gasteiger partial charge is 0.217 e. The van der Waals surface area contributed by atoms with Crippen LogP contribution in [0.1, 0.15) is 47.9 Å². The fourth-order valence-electron chi connectivity index (χ4n) is 5.32. The van der Waals surface area contributed by atoms with Gasteiger partial charge in [-0.1, -0.05) is 60.7 Å². The first kappa shape index (κ1) is 22.0. The van der Waals surface area contributed by atoms with Gasteiger partial charge in [-0.15, -0.1) is 0 Å². The third-order valence-electron chi connectivity index (χ3n) is 7.14. The summed E-state index contributed by atoms with van der Waals surface area (Å²) in [5, 5.41) is 0. The van der Waals surface area contributed by atoms with E-state index in [0.29, 0.717) is 0 Å². The third kappa shape index (κ3) is 4.39. The zero-order valence-corrected chi connectivity index (χ0v) is 19.1. The van der Waals surface area contributed by atoms with E-state index in [4.69, 9.17) is 0 Å². The van der Waals surface area contributed by atoms with Gasteiger partial charge in [-0.05, 0) is 33.4 Å². The van der Waals surface area contributed by atoms with Gasteiger partial charge in [0.15, 0.2) is 0 Å². The summed E-state index contributed by atoms with van der Waals surface area (Å²) in [4.78, 5) is 0. The lowest BCUT2D eigenvalue weighted by atomic mass is 9.83. The zero-order chi connectivity index (χ0) is 22.2. The molecule has 0 aromatic heterocycles. The second-order valence-electron chi connectivity index (χ2n) is 8.98. The summed E-state index contributed by atoms with van der Waals surface area (Å²) in [5.41, 5.74) is 8.76. The largest absolute Gasteiger partial charge is 0.726 e. The Balaban J connectivity index is 0.000000342. The molecule has 2 saturated heterocycles. The van der Waals surface area contributed by atoms with Crippen molar-refractivity contribution in [2.45, 2.75) is 37.8 Å². The molecule has 6 heteroatoms. The van der Waals surface area contributed by atoms with E-state index in [1.54, 1.807) is 5.57 Å². The molecule has 0 radical (unpaired) electrons. The van der Waals surface area contributed by atoms with Crippen molar-refractivity contribution < 1.29 is 21.6 Å². The molecule has 0 spiro atoms. The molecule has 2 unspecified atom stereocenters. The van der Waals surface area contributed by atoms with Gasteiger partial charge in [-0.2, -0.15) is 0 Å². The molecule has 5 nitrogen and oxygen atoms in total. The van der Waals surface area contributed by atoms with Crippen molar-refractivity contribution >= 4 is 28.1 Å². The van der Waals surface area contributed by atoms with Crippen molar-refractivity contribution in [3.05, 3.63) is 76.4 Å². The van der Waals surface area contributed by atoms with Gasteiger partial charge in [-0.25, -0.2) is 8.42 Å². The molecule has 2 aromatic carbocycles. The Morgan fingerprint density at radius 2 is 1.29 bits per heavy atom. The van der Waals surface area contributed by atoms with E-state index >= 15 is 0 Å². The van der Waals surface area contributed by atoms with Crippen LogP contribution in [0.4, 0.5) is 0 Å². The molecule has 2 fully saturated rings. The van der Waals surface area contributed by atoms with Crippen LogP contribution in [0.15, 0.2) is 54.1 Å². The van der Waals surface area contributed by atoms with Crippen molar-refractivity contribution in [3.8, 4) is 0 Å². The molecule has 31 heavy (non-hydrogen) atoms. The fraction of sp³-hybridized carbons (Fsp3) is 0.360. The van der Waals surface area contributed by atoms with E-state index < -0.39 is 10.4 Å². The first-order chi connectivity index (χ1) is 14.7. The number of hydrogen-bond donors (Lipinski definition) is 0. The number of piperidine rings is 1. The molecule has 3 aliphatic rings. The number of quaternary nitrogens is 1. The summed E-state index contributed by atoms with van der Waals surface area (Å²) >= 11 is 0. The molecule has 0 N–H and O–H groups in total. The van der Waals surface area contributed by atoms with E-state index in [-0.39, 0.29) is 0 Å². The average molecular weight is 440 g/mol. The number of nitrogens with zero attached hydrogens (tertiary/aromatic N) is 1. The van der Waals surface area contributed by atoms with Crippen LogP contribution in [0.2, 0.25) is 0 Å². The van der Waals surface area contributed by atoms with Gasteiger partial charge >= 0.3 is 0 Å². The molecular formula is C25H29NO4S. The minimum Gasteiger partial charge on any atom is -0.726 e. The van der Waals surface area contributed by atoms with Crippen molar-refractivity contribution in [2.75, 3.05) is 21.2 Å². The quantitative estimate of drug-likeness (QED) is 0.319. The molecule has 5 rings (SSSR count). The van der Waals surface area contributed by atoms with Gasteiger partial charge in [-0.3, -0.25) is 4.18 Å². The summed E-state index contributed by atoms with van der Waals surface area (Å²) < 4.78 is 32.2. The van der Waals surface area contributed by atoms with Crippen molar-refractivity contribution in [1.82, 2.24) is 0 Å². The molecule has 2 aliphatic heterocycles. The molecule has 2 bridgehead atoms. The highest BCUT2D eigenvalue weighted by molar-refractivity contribution is 7.80. The Bertz CT molecular complexity index is 1080. The molecular weight excluding hydrogens is 410 g/mol. The van der Waals surface area contributed by atoms with Crippen LogP contribution in [0.25, 0.3) is 17.7 Å². The van der Waals surface area contributed by atoms with Crippen LogP contribution in [0, 0.1) is 0 Å². The van der Waals surface area contributed by atoms with Gasteiger partial charge in [0.2, 0.25) is 10.4 Å². The monoisotopic (exact) mass is 439 g/mol. The topological polar surface area (TPSA) is 66.4 Å². The molecule has 2 aromatic rings. The predicted molar refractivity (Wildman–Crippen MR) is 123 cm³/mol. The summed E-state index contributed by atoms with van der Waals surface area (Å²) in [6.45, 7) is 0. The van der Waals surface area contributed by atoms with E-state index in [9.17, 15) is 13.0 Å². The molecule has 2 atom stereocenters. The fourth-order valence-corrected chi connectivity index (χ4v) is 5.32. The van der Waals surface area contributed by atoms with Crippen LogP contribution in [-0.2, 0) is 14.6 Å². The lowest BCUT2D eigenvalue weighted by molar-refractivity contribution is -0.928. The zero-order valence-electron chi connectivity index (χ0n) is 18.2. The second kappa shape index (κ2) is 8.36. The normalized spacial score (nSPS) is 23.4. The number of fused-ring (bicyclic) bond motifs is 4. The highest BCUT2D eigenvalue weighted by Crippen LogP contribution is 2.47. The van der Waals surface area contributed by atoms with Gasteiger partial charge in [0, 0.05) is 25.7 Å². The number of hydrogen-bond acceptors (Lipinski definition) is 4. The van der Waals surface area contributed by atoms with E-state index in [1.165, 1.54) is 58.0 Å². The SMILES string of the molecule is COS(=O)(=O)[O-].C[N+]1(C)C2CCC1CC(=C1c3ccccc3C=Cc3ccccc31)C2. The maximum Gasteiger partial charge on any atom is 0.217 e. The summed E-state index contributed by atoms with van der Waals surface area (Å²) in [7, 11) is 1.29. The summed E-state index contributed by atoms with van der Waals surface area (Å²) in [6.07, 6.45) is 9.85. The minimum absolute atomic E-state index is 0.789. The van der Waals surface area contributed by atoms with Crippen LogP contribution < -0.4 is 0 Å². The second-order valence-corrected chi connectivity index (χ2v) is 10.1. The molecule has 2 heterocycles. The van der Waals surface area contributed by atoms with Crippen molar-refractivity contribution in [3.63, 3.8) is 0 Å². The number of benzene rings is 2. The Labute approximate surface area is 185 Å². The van der Waals surface area contributed by atoms with Gasteiger partial charge < -0.3 is 9.04 Å². The Morgan fingerprint density at radius 3 is 1.71 bits per heavy atom. The maximum absolute atomic E-state index is 9.22. The standard InChI is InChI=1S/C24H26N.CH4O4S/c1-25(2)20-13-14-21(25)16-19(15-20)24-22-9-5-3-7-17(22)11-12-18-8-4-6-10-23(18)24;1-5-6(2,3)4/h3-12,20-21H,13-16H2,1-2H3;1H3,(H,2,3,4)/q+1;/p-1. The predicted octanol–water partition coefficient (Wildman–Crippen LogP) is 4.47.